The number of hydrogen-bond acceptors (Lipinski definition) is 5. The molecule has 0 radical (unpaired) electrons. The van der Waals surface area contributed by atoms with Gasteiger partial charge in [-0.1, -0.05) is 6.07 Å². The summed E-state index contributed by atoms with van der Waals surface area (Å²) >= 11 is 0. The van der Waals surface area contributed by atoms with Crippen molar-refractivity contribution in [2.45, 2.75) is 18.9 Å². The summed E-state index contributed by atoms with van der Waals surface area (Å²) in [5.74, 6) is 2.42. The minimum absolute atomic E-state index is 0.318. The Morgan fingerprint density at radius 2 is 2.00 bits per heavy atom. The molecule has 1 aromatic carbocycles. The van der Waals surface area contributed by atoms with Crippen LogP contribution in [0.1, 0.15) is 12.1 Å². The Morgan fingerprint density at radius 3 is 2.71 bits per heavy atom. The summed E-state index contributed by atoms with van der Waals surface area (Å²) in [4.78, 5) is 11.4. The number of aromatic nitrogens is 2. The van der Waals surface area contributed by atoms with Crippen molar-refractivity contribution in [3.05, 3.63) is 54.5 Å². The molecule has 4 rings (SSSR count). The zero-order valence-electron chi connectivity index (χ0n) is 18.3. The predicted octanol–water partition coefficient (Wildman–Crippen LogP) is 2.34. The van der Waals surface area contributed by atoms with Crippen LogP contribution < -0.4 is 25.0 Å². The van der Waals surface area contributed by atoms with Crippen LogP contribution in [0.25, 0.3) is 5.65 Å². The maximum absolute atomic E-state index is 5.41. The van der Waals surface area contributed by atoms with Crippen LogP contribution in [0.4, 0.5) is 5.69 Å². The van der Waals surface area contributed by atoms with Crippen molar-refractivity contribution in [2.24, 2.45) is 4.99 Å². The summed E-state index contributed by atoms with van der Waals surface area (Å²) in [5.41, 5.74) is 3.14. The first-order valence-electron chi connectivity index (χ1n) is 10.6. The number of nitrogens with one attached hydrogen (secondary N) is 2. The molecule has 1 aliphatic heterocycles. The molecular weight excluding hydrogens is 392 g/mol. The third-order valence-electron chi connectivity index (χ3n) is 5.54. The van der Waals surface area contributed by atoms with Gasteiger partial charge in [0.2, 0.25) is 0 Å². The number of fused-ring (bicyclic) bond motifs is 1. The van der Waals surface area contributed by atoms with Crippen LogP contribution in [0, 0.1) is 0 Å². The Kier molecular flexibility index (Phi) is 6.45. The molecule has 1 unspecified atom stereocenters. The summed E-state index contributed by atoms with van der Waals surface area (Å²) in [5, 5.41) is 6.96. The molecule has 3 aromatic rings. The molecule has 1 fully saturated rings. The molecule has 1 saturated heterocycles. The van der Waals surface area contributed by atoms with Gasteiger partial charge in [0.15, 0.2) is 5.96 Å². The number of nitrogens with zero attached hydrogens (tertiary/aromatic N) is 4. The van der Waals surface area contributed by atoms with E-state index < -0.39 is 0 Å². The maximum atomic E-state index is 5.41. The monoisotopic (exact) mass is 422 g/mol. The number of benzene rings is 1. The van der Waals surface area contributed by atoms with E-state index in [4.69, 9.17) is 9.47 Å². The van der Waals surface area contributed by atoms with Crippen molar-refractivity contribution >= 4 is 17.3 Å². The number of pyridine rings is 1. The van der Waals surface area contributed by atoms with Crippen LogP contribution in [0.3, 0.4) is 0 Å². The van der Waals surface area contributed by atoms with E-state index in [0.29, 0.717) is 6.04 Å². The summed E-state index contributed by atoms with van der Waals surface area (Å²) in [6.45, 7) is 2.63. The summed E-state index contributed by atoms with van der Waals surface area (Å²) in [7, 11) is 5.16. The largest absolute Gasteiger partial charge is 0.497 e. The number of anilines is 1. The van der Waals surface area contributed by atoms with E-state index in [2.05, 4.69) is 31.7 Å². The first kappa shape index (κ1) is 20.8. The van der Waals surface area contributed by atoms with Gasteiger partial charge < -0.3 is 29.4 Å². The number of guanidine groups is 1. The van der Waals surface area contributed by atoms with E-state index in [-0.39, 0.29) is 0 Å². The number of ether oxygens (including phenoxy) is 2. The predicted molar refractivity (Wildman–Crippen MR) is 124 cm³/mol. The van der Waals surface area contributed by atoms with Crippen LogP contribution >= 0.6 is 0 Å². The lowest BCUT2D eigenvalue weighted by Gasteiger charge is -2.21. The van der Waals surface area contributed by atoms with Crippen LogP contribution in [0.15, 0.2) is 53.8 Å². The van der Waals surface area contributed by atoms with Gasteiger partial charge in [-0.05, 0) is 18.6 Å². The molecule has 0 spiro atoms. The minimum Gasteiger partial charge on any atom is -0.497 e. The van der Waals surface area contributed by atoms with Crippen molar-refractivity contribution < 1.29 is 9.47 Å². The third-order valence-corrected chi connectivity index (χ3v) is 5.54. The SMILES string of the molecule is CN=C(NCCc1cn2ccccc2n1)NC1CCN(c2cc(OC)cc(OC)c2)C1. The molecule has 164 valence electrons. The van der Waals surface area contributed by atoms with Gasteiger partial charge >= 0.3 is 0 Å². The molecule has 8 nitrogen and oxygen atoms in total. The second-order valence-corrected chi connectivity index (χ2v) is 7.59. The smallest absolute Gasteiger partial charge is 0.191 e. The molecule has 2 N–H and O–H groups in total. The molecule has 8 heteroatoms. The summed E-state index contributed by atoms with van der Waals surface area (Å²) < 4.78 is 12.9. The van der Waals surface area contributed by atoms with Gasteiger partial charge in [-0.15, -0.1) is 0 Å². The van der Waals surface area contributed by atoms with Gasteiger partial charge in [-0.3, -0.25) is 4.99 Å². The molecule has 1 aliphatic rings. The van der Waals surface area contributed by atoms with E-state index in [1.54, 1.807) is 21.3 Å². The van der Waals surface area contributed by atoms with Crippen molar-refractivity contribution in [1.29, 1.82) is 0 Å². The van der Waals surface area contributed by atoms with Gasteiger partial charge in [0.05, 0.1) is 19.9 Å². The minimum atomic E-state index is 0.318. The van der Waals surface area contributed by atoms with Gasteiger partial charge in [0.25, 0.3) is 0 Å². The molecule has 0 aliphatic carbocycles. The summed E-state index contributed by atoms with van der Waals surface area (Å²) in [6.07, 6.45) is 5.96. The topological polar surface area (TPSA) is 75.4 Å². The van der Waals surface area contributed by atoms with Crippen molar-refractivity contribution in [3.8, 4) is 11.5 Å². The number of methoxy groups -OCH3 is 2. The lowest BCUT2D eigenvalue weighted by atomic mass is 10.2. The Labute approximate surface area is 182 Å². The highest BCUT2D eigenvalue weighted by molar-refractivity contribution is 5.80. The second kappa shape index (κ2) is 9.59. The van der Waals surface area contributed by atoms with Gasteiger partial charge in [-0.25, -0.2) is 4.98 Å². The first-order chi connectivity index (χ1) is 15.2. The van der Waals surface area contributed by atoms with E-state index in [0.717, 1.165) is 67.0 Å². The van der Waals surface area contributed by atoms with Crippen LogP contribution in [-0.2, 0) is 6.42 Å². The molecule has 0 bridgehead atoms. The molecule has 1 atom stereocenters. The van der Waals surface area contributed by atoms with E-state index in [1.807, 2.05) is 47.0 Å². The highest BCUT2D eigenvalue weighted by Gasteiger charge is 2.24. The number of rotatable bonds is 7. The van der Waals surface area contributed by atoms with E-state index >= 15 is 0 Å². The van der Waals surface area contributed by atoms with Crippen LogP contribution in [-0.4, -0.2) is 62.3 Å². The molecule has 31 heavy (non-hydrogen) atoms. The average Bonchev–Trinajstić information content (AvgIpc) is 3.44. The fourth-order valence-corrected chi connectivity index (χ4v) is 3.89. The summed E-state index contributed by atoms with van der Waals surface area (Å²) in [6, 6.07) is 12.3. The molecule has 2 aromatic heterocycles. The third kappa shape index (κ3) is 5.02. The molecule has 0 amide bonds. The van der Waals surface area contributed by atoms with Crippen molar-refractivity contribution in [1.82, 2.24) is 20.0 Å². The zero-order chi connectivity index (χ0) is 21.6. The Morgan fingerprint density at radius 1 is 1.19 bits per heavy atom. The van der Waals surface area contributed by atoms with E-state index in [1.165, 1.54) is 0 Å². The van der Waals surface area contributed by atoms with Crippen LogP contribution in [0.5, 0.6) is 11.5 Å². The van der Waals surface area contributed by atoms with Gasteiger partial charge in [-0.2, -0.15) is 0 Å². The normalized spacial score (nSPS) is 16.5. The molecule has 0 saturated carbocycles. The number of imidazole rings is 1. The second-order valence-electron chi connectivity index (χ2n) is 7.59. The highest BCUT2D eigenvalue weighted by Crippen LogP contribution is 2.30. The Hall–Kier alpha value is -3.42. The molecule has 3 heterocycles. The number of hydrogen-bond donors (Lipinski definition) is 2. The fraction of sp³-hybridized carbons (Fsp3) is 0.391. The van der Waals surface area contributed by atoms with Crippen molar-refractivity contribution in [3.63, 3.8) is 0 Å². The first-order valence-corrected chi connectivity index (χ1v) is 10.6. The Bertz CT molecular complexity index is 992. The molecular formula is C23H30N6O2. The lowest BCUT2D eigenvalue weighted by molar-refractivity contribution is 0.394. The van der Waals surface area contributed by atoms with Crippen molar-refractivity contribution in [2.75, 3.05) is 45.8 Å². The average molecular weight is 423 g/mol. The standard InChI is InChI=1S/C23H30N6O2/c1-24-23(25-9-7-17-16-29-10-5-4-6-22(29)26-17)27-18-8-11-28(15-18)19-12-20(30-2)14-21(13-19)31-3/h4-6,10,12-14,16,18H,7-9,11,15H2,1-3H3,(H2,24,25,27). The van der Waals surface area contributed by atoms with Gasteiger partial charge in [0.1, 0.15) is 17.1 Å². The fourth-order valence-electron chi connectivity index (χ4n) is 3.89. The van der Waals surface area contributed by atoms with Crippen LogP contribution in [0.2, 0.25) is 0 Å². The highest BCUT2D eigenvalue weighted by atomic mass is 16.5. The Balaban J connectivity index is 1.29. The number of aliphatic imine (C=N–C) groups is 1. The lowest BCUT2D eigenvalue weighted by Crippen LogP contribution is -2.45. The maximum Gasteiger partial charge on any atom is 0.191 e. The quantitative estimate of drug-likeness (QED) is 0.450. The van der Waals surface area contributed by atoms with E-state index in [9.17, 15) is 0 Å². The zero-order valence-corrected chi connectivity index (χ0v) is 18.3. The van der Waals surface area contributed by atoms with Gasteiger partial charge in [0, 0.05) is 75.4 Å².